The number of amides is 2. The first-order valence-electron chi connectivity index (χ1n) is 14.4. The van der Waals surface area contributed by atoms with Crippen molar-refractivity contribution in [3.05, 3.63) is 75.2 Å². The molecule has 0 fully saturated rings. The molecule has 0 aliphatic heterocycles. The van der Waals surface area contributed by atoms with Crippen LogP contribution in [0.3, 0.4) is 0 Å². The highest BCUT2D eigenvalue weighted by molar-refractivity contribution is 7.92. The summed E-state index contributed by atoms with van der Waals surface area (Å²) in [7, 11) is -0.305. The predicted octanol–water partition coefficient (Wildman–Crippen LogP) is 6.59. The zero-order chi connectivity index (χ0) is 34.2. The van der Waals surface area contributed by atoms with Crippen LogP contribution in [0.2, 0.25) is 15.1 Å². The number of carbonyl (C=O) groups is 2. The van der Waals surface area contributed by atoms with Crippen LogP contribution in [-0.2, 0) is 26.2 Å². The van der Waals surface area contributed by atoms with Crippen LogP contribution in [0.25, 0.3) is 0 Å². The second kappa shape index (κ2) is 16.4. The molecule has 0 aliphatic rings. The predicted molar refractivity (Wildman–Crippen MR) is 181 cm³/mol. The Morgan fingerprint density at radius 1 is 0.826 bits per heavy atom. The van der Waals surface area contributed by atoms with Crippen LogP contribution >= 0.6 is 34.8 Å². The summed E-state index contributed by atoms with van der Waals surface area (Å²) < 4.78 is 45.8. The van der Waals surface area contributed by atoms with Gasteiger partial charge < -0.3 is 24.4 Å². The van der Waals surface area contributed by atoms with Crippen LogP contribution in [0.5, 0.6) is 17.2 Å². The van der Waals surface area contributed by atoms with Gasteiger partial charge in [0.1, 0.15) is 18.3 Å². The van der Waals surface area contributed by atoms with Gasteiger partial charge in [0.05, 0.1) is 31.9 Å². The Hall–Kier alpha value is -3.38. The minimum atomic E-state index is -4.48. The molecule has 14 heteroatoms. The van der Waals surface area contributed by atoms with E-state index < -0.39 is 28.5 Å². The highest BCUT2D eigenvalue weighted by Crippen LogP contribution is 2.37. The van der Waals surface area contributed by atoms with Crippen molar-refractivity contribution >= 4 is 62.3 Å². The average molecular weight is 715 g/mol. The van der Waals surface area contributed by atoms with Crippen molar-refractivity contribution in [2.75, 3.05) is 32.2 Å². The van der Waals surface area contributed by atoms with Crippen LogP contribution in [-0.4, -0.2) is 65.1 Å². The van der Waals surface area contributed by atoms with Gasteiger partial charge in [-0.1, -0.05) is 54.7 Å². The van der Waals surface area contributed by atoms with Crippen molar-refractivity contribution in [3.63, 3.8) is 0 Å². The molecule has 0 radical (unpaired) electrons. The van der Waals surface area contributed by atoms with E-state index in [1.165, 1.54) is 68.7 Å². The highest BCUT2D eigenvalue weighted by atomic mass is 35.5. The summed E-state index contributed by atoms with van der Waals surface area (Å²) in [5.41, 5.74) is 0.531. The van der Waals surface area contributed by atoms with E-state index in [0.29, 0.717) is 22.8 Å². The van der Waals surface area contributed by atoms with Gasteiger partial charge in [-0.2, -0.15) is 0 Å². The third-order valence-corrected chi connectivity index (χ3v) is 9.95. The molecule has 10 nitrogen and oxygen atoms in total. The molecule has 1 N–H and O–H groups in total. The van der Waals surface area contributed by atoms with E-state index >= 15 is 0 Å². The smallest absolute Gasteiger partial charge is 0.265 e. The normalized spacial score (nSPS) is 12.5. The maximum Gasteiger partial charge on any atom is 0.265 e. The van der Waals surface area contributed by atoms with Crippen LogP contribution < -0.4 is 23.8 Å². The number of hydrogen-bond acceptors (Lipinski definition) is 7. The molecule has 0 spiro atoms. The largest absolute Gasteiger partial charge is 0.495 e. The summed E-state index contributed by atoms with van der Waals surface area (Å²) in [6, 6.07) is 12.2. The van der Waals surface area contributed by atoms with Crippen molar-refractivity contribution in [1.29, 1.82) is 0 Å². The van der Waals surface area contributed by atoms with Crippen LogP contribution in [0.4, 0.5) is 5.69 Å². The molecule has 3 aromatic rings. The SMILES string of the molecule is CC[C@H](C(=O)N[C@@H](C)CC)N(Cc1ccc(Cl)cc1Cl)C(=O)CN(c1cc(Cl)ccc1OC)S(=O)(=O)c1ccc(OC)c(OC)c1. The van der Waals surface area contributed by atoms with E-state index in [1.807, 2.05) is 13.8 Å². The molecular weight excluding hydrogens is 677 g/mol. The van der Waals surface area contributed by atoms with Crippen LogP contribution in [0, 0.1) is 0 Å². The number of nitrogens with one attached hydrogen (secondary N) is 1. The Morgan fingerprint density at radius 3 is 2.02 bits per heavy atom. The molecule has 0 aliphatic carbocycles. The molecule has 0 unspecified atom stereocenters. The first-order chi connectivity index (χ1) is 21.8. The minimum absolute atomic E-state index is 0.0136. The number of nitrogens with zero attached hydrogens (tertiary/aromatic N) is 2. The molecule has 250 valence electrons. The van der Waals surface area contributed by atoms with Crippen LogP contribution in [0.1, 0.15) is 39.2 Å². The number of anilines is 1. The second-order valence-corrected chi connectivity index (χ2v) is 13.5. The monoisotopic (exact) mass is 713 g/mol. The summed E-state index contributed by atoms with van der Waals surface area (Å²) in [6.07, 6.45) is 0.910. The molecule has 0 bridgehead atoms. The lowest BCUT2D eigenvalue weighted by Crippen LogP contribution is -2.53. The van der Waals surface area contributed by atoms with E-state index in [0.717, 1.165) is 4.31 Å². The second-order valence-electron chi connectivity index (χ2n) is 10.3. The standard InChI is InChI=1S/C32H38Cl3N3O7S/c1-7-20(3)36-32(40)26(8-2)37(18-21-9-10-22(33)15-25(21)35)31(39)19-38(27-16-23(34)11-13-28(27)43-4)46(41,42)24-12-14-29(44-5)30(17-24)45-6/h9-17,20,26H,7-8,18-19H2,1-6H3,(H,36,40)/t20-,26+/m0/s1. The lowest BCUT2D eigenvalue weighted by Gasteiger charge is -2.34. The van der Waals surface area contributed by atoms with Gasteiger partial charge in [0, 0.05) is 33.7 Å². The number of benzene rings is 3. The highest BCUT2D eigenvalue weighted by Gasteiger charge is 2.35. The number of hydrogen-bond donors (Lipinski definition) is 1. The number of ether oxygens (including phenoxy) is 3. The van der Waals surface area contributed by atoms with Gasteiger partial charge in [0.25, 0.3) is 10.0 Å². The zero-order valence-corrected chi connectivity index (χ0v) is 29.6. The third-order valence-electron chi connectivity index (χ3n) is 7.37. The van der Waals surface area contributed by atoms with Crippen molar-refractivity contribution in [3.8, 4) is 17.2 Å². The molecule has 3 aromatic carbocycles. The maximum absolute atomic E-state index is 14.4. The number of carbonyl (C=O) groups excluding carboxylic acids is 2. The van der Waals surface area contributed by atoms with Crippen molar-refractivity contribution < 1.29 is 32.2 Å². The summed E-state index contributed by atoms with van der Waals surface area (Å²) >= 11 is 18.9. The Kier molecular flexibility index (Phi) is 13.3. The summed E-state index contributed by atoms with van der Waals surface area (Å²) in [5, 5.41) is 3.82. The fourth-order valence-corrected chi connectivity index (χ4v) is 6.74. The molecule has 0 heterocycles. The van der Waals surface area contributed by atoms with Crippen LogP contribution in [0.15, 0.2) is 59.5 Å². The fraction of sp³-hybridized carbons (Fsp3) is 0.375. The number of methoxy groups -OCH3 is 3. The van der Waals surface area contributed by atoms with E-state index in [9.17, 15) is 18.0 Å². The van der Waals surface area contributed by atoms with Crippen molar-refractivity contribution in [2.24, 2.45) is 0 Å². The Labute approximate surface area is 285 Å². The molecule has 0 saturated heterocycles. The molecule has 2 amide bonds. The average Bonchev–Trinajstić information content (AvgIpc) is 3.03. The third kappa shape index (κ3) is 8.70. The van der Waals surface area contributed by atoms with Crippen molar-refractivity contribution in [1.82, 2.24) is 10.2 Å². The van der Waals surface area contributed by atoms with Gasteiger partial charge in [-0.15, -0.1) is 0 Å². The van der Waals surface area contributed by atoms with Gasteiger partial charge in [-0.05, 0) is 67.8 Å². The quantitative estimate of drug-likeness (QED) is 0.189. The summed E-state index contributed by atoms with van der Waals surface area (Å²) in [5.74, 6) is -0.434. The first-order valence-corrected chi connectivity index (χ1v) is 17.0. The number of rotatable bonds is 15. The van der Waals surface area contributed by atoms with Crippen molar-refractivity contribution in [2.45, 2.75) is 57.1 Å². The number of halogens is 3. The molecule has 0 aromatic heterocycles. The van der Waals surface area contributed by atoms with E-state index in [2.05, 4.69) is 5.32 Å². The number of sulfonamides is 1. The fourth-order valence-electron chi connectivity index (χ4n) is 4.67. The van der Waals surface area contributed by atoms with Gasteiger partial charge in [-0.3, -0.25) is 13.9 Å². The van der Waals surface area contributed by atoms with E-state index in [1.54, 1.807) is 19.1 Å². The molecule has 46 heavy (non-hydrogen) atoms. The molecule has 3 rings (SSSR count). The van der Waals surface area contributed by atoms with Gasteiger partial charge in [0.15, 0.2) is 11.5 Å². The first kappa shape index (κ1) is 37.1. The Balaban J connectivity index is 2.20. The lowest BCUT2D eigenvalue weighted by molar-refractivity contribution is -0.140. The molecule has 0 saturated carbocycles. The van der Waals surface area contributed by atoms with Gasteiger partial charge in [-0.25, -0.2) is 8.42 Å². The van der Waals surface area contributed by atoms with Gasteiger partial charge >= 0.3 is 0 Å². The topological polar surface area (TPSA) is 114 Å². The Morgan fingerprint density at radius 2 is 1.43 bits per heavy atom. The minimum Gasteiger partial charge on any atom is -0.495 e. The van der Waals surface area contributed by atoms with E-state index in [4.69, 9.17) is 49.0 Å². The maximum atomic E-state index is 14.4. The zero-order valence-electron chi connectivity index (χ0n) is 26.5. The molecular formula is C32H38Cl3N3O7S. The molecule has 2 atom stereocenters. The Bertz CT molecular complexity index is 1660. The van der Waals surface area contributed by atoms with Gasteiger partial charge in [0.2, 0.25) is 11.8 Å². The summed E-state index contributed by atoms with van der Waals surface area (Å²) in [6.45, 7) is 4.74. The summed E-state index contributed by atoms with van der Waals surface area (Å²) in [4.78, 5) is 29.1. The lowest BCUT2D eigenvalue weighted by atomic mass is 10.1. The van der Waals surface area contributed by atoms with E-state index in [-0.39, 0.29) is 57.0 Å².